The molecular weight excluding hydrogens is 474 g/mol. The van der Waals surface area contributed by atoms with Gasteiger partial charge in [-0.05, 0) is 54.3 Å². The van der Waals surface area contributed by atoms with Crippen LogP contribution in [-0.4, -0.2) is 41.7 Å². The Morgan fingerprint density at radius 3 is 2.42 bits per heavy atom. The minimum Gasteiger partial charge on any atom is -0.489 e. The highest BCUT2D eigenvalue weighted by Crippen LogP contribution is 2.20. The summed E-state index contributed by atoms with van der Waals surface area (Å²) < 4.78 is 5.85. The third-order valence-corrected chi connectivity index (χ3v) is 6.06. The second-order valence-corrected chi connectivity index (χ2v) is 8.73. The van der Waals surface area contributed by atoms with Crippen molar-refractivity contribution in [2.45, 2.75) is 31.9 Å². The first-order valence-electron chi connectivity index (χ1n) is 12.1. The van der Waals surface area contributed by atoms with Crippen molar-refractivity contribution in [2.24, 2.45) is 0 Å². The van der Waals surface area contributed by atoms with Crippen LogP contribution in [0.25, 0.3) is 10.9 Å². The van der Waals surface area contributed by atoms with Crippen LogP contribution < -0.4 is 15.4 Å². The van der Waals surface area contributed by atoms with Gasteiger partial charge >= 0.3 is 5.97 Å². The first kappa shape index (κ1) is 27.3. The van der Waals surface area contributed by atoms with Gasteiger partial charge in [-0.1, -0.05) is 60.7 Å². The smallest absolute Gasteiger partial charge is 0.304 e. The van der Waals surface area contributed by atoms with E-state index in [0.717, 1.165) is 47.3 Å². The zero-order valence-corrected chi connectivity index (χ0v) is 21.1. The SMILES string of the molecule is Cl.O=C(O)C[C@H](Cc1c[nH]c2ccccc12)NCCNCCc1ccc(OCc2ccccc2)cc1. The number of carbonyl (C=O) groups is 1. The quantitative estimate of drug-likeness (QED) is 0.181. The standard InChI is InChI=1S/C29H33N3O3.ClH/c33-29(34)19-25(18-24-20-32-28-9-5-4-8-27(24)28)31-17-16-30-15-14-22-10-12-26(13-11-22)35-21-23-6-2-1-3-7-23;/h1-13,20,25,30-32H,14-19,21H2,(H,33,34);1H/t25-;/m0./s1. The fourth-order valence-electron chi connectivity index (χ4n) is 4.21. The number of aromatic nitrogens is 1. The summed E-state index contributed by atoms with van der Waals surface area (Å²) in [7, 11) is 0. The fraction of sp³-hybridized carbons (Fsp3) is 0.276. The number of hydrogen-bond donors (Lipinski definition) is 4. The molecule has 0 amide bonds. The molecule has 4 rings (SSSR count). The maximum absolute atomic E-state index is 11.4. The van der Waals surface area contributed by atoms with Crippen molar-refractivity contribution >= 4 is 29.3 Å². The Hall–Kier alpha value is -3.32. The van der Waals surface area contributed by atoms with Crippen LogP contribution in [0.2, 0.25) is 0 Å². The number of halogens is 1. The van der Waals surface area contributed by atoms with Crippen LogP contribution in [0, 0.1) is 0 Å². The van der Waals surface area contributed by atoms with Crippen molar-refractivity contribution in [3.05, 3.63) is 102 Å². The number of nitrogens with one attached hydrogen (secondary N) is 3. The summed E-state index contributed by atoms with van der Waals surface area (Å²) in [4.78, 5) is 14.6. The molecule has 0 saturated carbocycles. The van der Waals surface area contributed by atoms with Crippen molar-refractivity contribution < 1.29 is 14.6 Å². The molecule has 0 aliphatic carbocycles. The van der Waals surface area contributed by atoms with Gasteiger partial charge < -0.3 is 25.5 Å². The predicted octanol–water partition coefficient (Wildman–Crippen LogP) is 4.98. The summed E-state index contributed by atoms with van der Waals surface area (Å²) in [6.45, 7) is 2.92. The zero-order chi connectivity index (χ0) is 24.3. The lowest BCUT2D eigenvalue weighted by molar-refractivity contribution is -0.137. The first-order valence-corrected chi connectivity index (χ1v) is 12.1. The summed E-state index contributed by atoms with van der Waals surface area (Å²) in [5.74, 6) is 0.0842. The lowest BCUT2D eigenvalue weighted by Crippen LogP contribution is -2.38. The highest BCUT2D eigenvalue weighted by Gasteiger charge is 2.15. The molecule has 6 nitrogen and oxygen atoms in total. The lowest BCUT2D eigenvalue weighted by atomic mass is 10.0. The Morgan fingerprint density at radius 2 is 1.64 bits per heavy atom. The molecule has 0 aliphatic heterocycles. The van der Waals surface area contributed by atoms with Crippen LogP contribution in [-0.2, 0) is 24.2 Å². The third kappa shape index (κ3) is 8.41. The molecule has 1 heterocycles. The number of fused-ring (bicyclic) bond motifs is 1. The fourth-order valence-corrected chi connectivity index (χ4v) is 4.21. The molecular formula is C29H34ClN3O3. The second kappa shape index (κ2) is 14.3. The van der Waals surface area contributed by atoms with Gasteiger partial charge in [-0.2, -0.15) is 0 Å². The maximum atomic E-state index is 11.4. The lowest BCUT2D eigenvalue weighted by Gasteiger charge is -2.17. The van der Waals surface area contributed by atoms with E-state index >= 15 is 0 Å². The largest absolute Gasteiger partial charge is 0.489 e. The Kier molecular flexibility index (Phi) is 10.8. The van der Waals surface area contributed by atoms with E-state index in [2.05, 4.69) is 45.9 Å². The van der Waals surface area contributed by atoms with Gasteiger partial charge in [0.1, 0.15) is 12.4 Å². The monoisotopic (exact) mass is 507 g/mol. The van der Waals surface area contributed by atoms with Crippen LogP contribution >= 0.6 is 12.4 Å². The molecule has 0 aliphatic rings. The van der Waals surface area contributed by atoms with E-state index in [9.17, 15) is 9.90 Å². The molecule has 190 valence electrons. The highest BCUT2D eigenvalue weighted by atomic mass is 35.5. The molecule has 0 spiro atoms. The van der Waals surface area contributed by atoms with Gasteiger partial charge in [0, 0.05) is 36.2 Å². The van der Waals surface area contributed by atoms with E-state index in [-0.39, 0.29) is 24.9 Å². The minimum atomic E-state index is -0.786. The Morgan fingerprint density at radius 1 is 0.889 bits per heavy atom. The molecule has 3 aromatic carbocycles. The van der Waals surface area contributed by atoms with Crippen molar-refractivity contribution in [3.63, 3.8) is 0 Å². The number of benzene rings is 3. The summed E-state index contributed by atoms with van der Waals surface area (Å²) in [6.07, 6.45) is 3.68. The molecule has 1 aromatic heterocycles. The second-order valence-electron chi connectivity index (χ2n) is 8.73. The summed E-state index contributed by atoms with van der Waals surface area (Å²) in [6, 6.07) is 26.4. The number of aliphatic carboxylic acids is 1. The molecule has 36 heavy (non-hydrogen) atoms. The van der Waals surface area contributed by atoms with E-state index in [1.807, 2.05) is 54.7 Å². The van der Waals surface area contributed by atoms with Gasteiger partial charge in [-0.3, -0.25) is 4.79 Å². The van der Waals surface area contributed by atoms with E-state index < -0.39 is 5.97 Å². The number of H-pyrrole nitrogens is 1. The number of rotatable bonds is 14. The van der Waals surface area contributed by atoms with Gasteiger partial charge in [0.05, 0.1) is 6.42 Å². The van der Waals surface area contributed by atoms with Crippen LogP contribution in [0.1, 0.15) is 23.1 Å². The van der Waals surface area contributed by atoms with E-state index in [1.165, 1.54) is 5.56 Å². The zero-order valence-electron chi connectivity index (χ0n) is 20.3. The molecule has 0 bridgehead atoms. The summed E-state index contributed by atoms with van der Waals surface area (Å²) in [5, 5.41) is 17.3. The number of aromatic amines is 1. The molecule has 0 saturated heterocycles. The summed E-state index contributed by atoms with van der Waals surface area (Å²) >= 11 is 0. The van der Waals surface area contributed by atoms with Crippen molar-refractivity contribution in [2.75, 3.05) is 19.6 Å². The summed E-state index contributed by atoms with van der Waals surface area (Å²) in [5.41, 5.74) is 4.62. The molecule has 0 fully saturated rings. The Bertz CT molecular complexity index is 1200. The maximum Gasteiger partial charge on any atom is 0.304 e. The van der Waals surface area contributed by atoms with E-state index in [1.54, 1.807) is 0 Å². The van der Waals surface area contributed by atoms with Crippen molar-refractivity contribution in [1.29, 1.82) is 0 Å². The average molecular weight is 508 g/mol. The van der Waals surface area contributed by atoms with Gasteiger partial charge in [-0.15, -0.1) is 12.4 Å². The Labute approximate surface area is 218 Å². The minimum absolute atomic E-state index is 0. The molecule has 1 atom stereocenters. The third-order valence-electron chi connectivity index (χ3n) is 6.06. The van der Waals surface area contributed by atoms with E-state index in [4.69, 9.17) is 4.74 Å². The van der Waals surface area contributed by atoms with Crippen LogP contribution in [0.15, 0.2) is 85.1 Å². The first-order chi connectivity index (χ1) is 17.2. The van der Waals surface area contributed by atoms with Gasteiger partial charge in [0.25, 0.3) is 0 Å². The Balaban J connectivity index is 0.00000361. The van der Waals surface area contributed by atoms with Gasteiger partial charge in [0.15, 0.2) is 0 Å². The van der Waals surface area contributed by atoms with Gasteiger partial charge in [-0.25, -0.2) is 0 Å². The number of carboxylic acids is 1. The van der Waals surface area contributed by atoms with Crippen molar-refractivity contribution in [3.8, 4) is 5.75 Å². The van der Waals surface area contributed by atoms with E-state index in [0.29, 0.717) is 19.6 Å². The topological polar surface area (TPSA) is 86.4 Å². The average Bonchev–Trinajstić information content (AvgIpc) is 3.28. The molecule has 4 N–H and O–H groups in total. The van der Waals surface area contributed by atoms with Crippen molar-refractivity contribution in [1.82, 2.24) is 15.6 Å². The molecule has 7 heteroatoms. The highest BCUT2D eigenvalue weighted by molar-refractivity contribution is 5.85. The van der Waals surface area contributed by atoms with Crippen LogP contribution in [0.3, 0.4) is 0 Å². The normalized spacial score (nSPS) is 11.7. The van der Waals surface area contributed by atoms with Gasteiger partial charge in [0.2, 0.25) is 0 Å². The number of ether oxygens (including phenoxy) is 1. The molecule has 0 unspecified atom stereocenters. The van der Waals surface area contributed by atoms with Crippen LogP contribution in [0.5, 0.6) is 5.75 Å². The predicted molar refractivity (Wildman–Crippen MR) is 147 cm³/mol. The molecule has 4 aromatic rings. The number of para-hydroxylation sites is 1. The number of hydrogen-bond acceptors (Lipinski definition) is 4. The van der Waals surface area contributed by atoms with Crippen LogP contribution in [0.4, 0.5) is 0 Å². The number of carboxylic acid groups (broad SMARTS) is 1. The molecule has 0 radical (unpaired) electrons.